The molecule has 2 N–H and O–H groups in total. The highest BCUT2D eigenvalue weighted by atomic mass is 16.5. The van der Waals surface area contributed by atoms with E-state index in [0.717, 1.165) is 16.7 Å². The summed E-state index contributed by atoms with van der Waals surface area (Å²) < 4.78 is 12.1. The molecule has 2 amide bonds. The van der Waals surface area contributed by atoms with E-state index >= 15 is 0 Å². The molecule has 10 nitrogen and oxygen atoms in total. The normalized spacial score (nSPS) is 19.3. The van der Waals surface area contributed by atoms with Crippen LogP contribution in [0.25, 0.3) is 5.69 Å². The van der Waals surface area contributed by atoms with Crippen molar-refractivity contribution in [3.8, 4) is 17.2 Å². The molecule has 0 saturated carbocycles. The first-order chi connectivity index (χ1) is 23.2. The van der Waals surface area contributed by atoms with Gasteiger partial charge in [-0.2, -0.15) is 0 Å². The van der Waals surface area contributed by atoms with Gasteiger partial charge < -0.3 is 29.5 Å². The maximum atomic E-state index is 14.1. The van der Waals surface area contributed by atoms with Crippen molar-refractivity contribution in [2.24, 2.45) is 5.92 Å². The molecule has 0 radical (unpaired) electrons. The average Bonchev–Trinajstić information content (AvgIpc) is 3.33. The van der Waals surface area contributed by atoms with Crippen molar-refractivity contribution < 1.29 is 29.3 Å². The Kier molecular flexibility index (Phi) is 9.21. The van der Waals surface area contributed by atoms with Gasteiger partial charge in [-0.05, 0) is 65.6 Å². The second-order valence-corrected chi connectivity index (χ2v) is 12.2. The monoisotopic (exact) mass is 649 g/mol. The lowest BCUT2D eigenvalue weighted by atomic mass is 9.82. The van der Waals surface area contributed by atoms with Gasteiger partial charge in [0.05, 0.1) is 39.1 Å². The number of hydrogen-bond donors (Lipinski definition) is 2. The number of ether oxygens (including phenoxy) is 2. The van der Waals surface area contributed by atoms with Crippen LogP contribution in [0.15, 0.2) is 102 Å². The zero-order valence-electron chi connectivity index (χ0n) is 27.2. The predicted octanol–water partition coefficient (Wildman–Crippen LogP) is 4.12. The summed E-state index contributed by atoms with van der Waals surface area (Å²) in [7, 11) is 2.97. The number of rotatable bonds is 10. The van der Waals surface area contributed by atoms with Crippen molar-refractivity contribution in [3.63, 3.8) is 0 Å². The van der Waals surface area contributed by atoms with Crippen molar-refractivity contribution in [2.45, 2.75) is 44.5 Å². The number of aliphatic hydroxyl groups is 2. The minimum absolute atomic E-state index is 0.0602. The standard InChI is InChI=1S/C38H39N3O7/c1-25(8-6-12-35(43)40-23-28-10-5-4-9-27(28)20-30(40)24-42)38(46)32-21-31(47-2)17-18-33(32)41(37(38)45)22-26-13-15-29(16-14-26)39-19-7-11-34(48-3)36(39)44/h4-11,13-19,21,25,30,42,46H,12,20,22-24H2,1-3H3/b8-6+/t25-,30-,38+/m0/s1. The Morgan fingerprint density at radius 2 is 1.75 bits per heavy atom. The van der Waals surface area contributed by atoms with E-state index in [9.17, 15) is 24.6 Å². The molecule has 4 aromatic rings. The Hall–Kier alpha value is -5.19. The van der Waals surface area contributed by atoms with Crippen molar-refractivity contribution in [2.75, 3.05) is 25.7 Å². The molecule has 48 heavy (non-hydrogen) atoms. The molecule has 0 fully saturated rings. The van der Waals surface area contributed by atoms with E-state index in [-0.39, 0.29) is 42.8 Å². The lowest BCUT2D eigenvalue weighted by Gasteiger charge is -2.36. The van der Waals surface area contributed by atoms with Crippen LogP contribution in [0.3, 0.4) is 0 Å². The second-order valence-electron chi connectivity index (χ2n) is 12.2. The number of methoxy groups -OCH3 is 2. The van der Waals surface area contributed by atoms with Crippen molar-refractivity contribution in [1.82, 2.24) is 9.47 Å². The largest absolute Gasteiger partial charge is 0.497 e. The Morgan fingerprint density at radius 1 is 1.00 bits per heavy atom. The summed E-state index contributed by atoms with van der Waals surface area (Å²) in [5, 5.41) is 22.2. The zero-order valence-corrected chi connectivity index (χ0v) is 27.2. The van der Waals surface area contributed by atoms with E-state index in [1.54, 1.807) is 77.5 Å². The number of pyridine rings is 1. The molecule has 10 heteroatoms. The summed E-state index contributed by atoms with van der Waals surface area (Å²) in [5.74, 6) is -0.585. The van der Waals surface area contributed by atoms with Crippen LogP contribution in [0.4, 0.5) is 5.69 Å². The van der Waals surface area contributed by atoms with Gasteiger partial charge in [0.15, 0.2) is 11.4 Å². The van der Waals surface area contributed by atoms with Crippen LogP contribution in [0.5, 0.6) is 11.5 Å². The molecule has 2 aliphatic rings. The van der Waals surface area contributed by atoms with E-state index in [4.69, 9.17) is 9.47 Å². The van der Waals surface area contributed by atoms with Crippen LogP contribution in [0.2, 0.25) is 0 Å². The van der Waals surface area contributed by atoms with Gasteiger partial charge in [-0.1, -0.05) is 55.5 Å². The average molecular weight is 650 g/mol. The smallest absolute Gasteiger partial charge is 0.297 e. The van der Waals surface area contributed by atoms with Gasteiger partial charge in [-0.3, -0.25) is 19.0 Å². The number of amides is 2. The highest BCUT2D eigenvalue weighted by molar-refractivity contribution is 6.07. The third-order valence-electron chi connectivity index (χ3n) is 9.43. The quantitative estimate of drug-likeness (QED) is 0.248. The van der Waals surface area contributed by atoms with Gasteiger partial charge in [0.25, 0.3) is 11.5 Å². The van der Waals surface area contributed by atoms with Gasteiger partial charge in [-0.25, -0.2) is 0 Å². The maximum Gasteiger partial charge on any atom is 0.297 e. The fraction of sp³-hybridized carbons (Fsp3) is 0.289. The molecular formula is C38H39N3O7. The number of carbonyl (C=O) groups excluding carboxylic acids is 2. The highest BCUT2D eigenvalue weighted by Gasteiger charge is 2.52. The molecule has 248 valence electrons. The van der Waals surface area contributed by atoms with E-state index in [1.165, 1.54) is 18.8 Å². The van der Waals surface area contributed by atoms with Crippen molar-refractivity contribution in [3.05, 3.63) is 130 Å². The second kappa shape index (κ2) is 13.5. The molecule has 6 rings (SSSR count). The molecule has 0 aliphatic carbocycles. The fourth-order valence-corrected chi connectivity index (χ4v) is 6.66. The lowest BCUT2D eigenvalue weighted by Crippen LogP contribution is -2.46. The van der Waals surface area contributed by atoms with E-state index in [2.05, 4.69) is 0 Å². The summed E-state index contributed by atoms with van der Waals surface area (Å²) in [6.45, 7) is 2.22. The molecule has 3 heterocycles. The summed E-state index contributed by atoms with van der Waals surface area (Å²) in [4.78, 5) is 43.4. The first-order valence-electron chi connectivity index (χ1n) is 15.9. The predicted molar refractivity (Wildman–Crippen MR) is 181 cm³/mol. The molecule has 3 aromatic carbocycles. The minimum Gasteiger partial charge on any atom is -0.497 e. The Bertz CT molecular complexity index is 1920. The van der Waals surface area contributed by atoms with E-state index < -0.39 is 17.4 Å². The number of carbonyl (C=O) groups is 2. The number of aliphatic hydroxyl groups excluding tert-OH is 1. The first kappa shape index (κ1) is 32.7. The molecule has 0 unspecified atom stereocenters. The van der Waals surface area contributed by atoms with E-state index in [0.29, 0.717) is 35.7 Å². The fourth-order valence-electron chi connectivity index (χ4n) is 6.66. The third-order valence-corrected chi connectivity index (χ3v) is 9.43. The van der Waals surface area contributed by atoms with Gasteiger partial charge >= 0.3 is 0 Å². The topological polar surface area (TPSA) is 122 Å². The summed E-state index contributed by atoms with van der Waals surface area (Å²) in [6.07, 6.45) is 5.70. The number of anilines is 1. The Morgan fingerprint density at radius 3 is 2.46 bits per heavy atom. The Balaban J connectivity index is 1.21. The molecule has 0 saturated heterocycles. The van der Waals surface area contributed by atoms with Crippen LogP contribution in [-0.4, -0.2) is 58.4 Å². The van der Waals surface area contributed by atoms with Gasteiger partial charge in [0.1, 0.15) is 5.75 Å². The molecule has 0 bridgehead atoms. The SMILES string of the molecule is COc1ccc2c(c1)[C@](O)([C@@H](C)/C=C/CC(=O)N1Cc3ccccc3C[C@H]1CO)C(=O)N2Cc1ccc(-n2cccc(OC)c2=O)cc1. The number of hydrogen-bond acceptors (Lipinski definition) is 7. The zero-order chi connectivity index (χ0) is 34.0. The Labute approximate surface area is 279 Å². The highest BCUT2D eigenvalue weighted by Crippen LogP contribution is 2.47. The van der Waals surface area contributed by atoms with Crippen molar-refractivity contribution >= 4 is 17.5 Å². The van der Waals surface area contributed by atoms with Crippen LogP contribution in [0, 0.1) is 5.92 Å². The van der Waals surface area contributed by atoms with Crippen molar-refractivity contribution in [1.29, 1.82) is 0 Å². The van der Waals surface area contributed by atoms with Crippen LogP contribution >= 0.6 is 0 Å². The number of aromatic nitrogens is 1. The summed E-state index contributed by atoms with van der Waals surface area (Å²) >= 11 is 0. The minimum atomic E-state index is -1.91. The van der Waals surface area contributed by atoms with Crippen LogP contribution < -0.4 is 19.9 Å². The number of nitrogens with zero attached hydrogens (tertiary/aromatic N) is 3. The molecule has 1 aromatic heterocycles. The summed E-state index contributed by atoms with van der Waals surface area (Å²) in [6, 6.07) is 23.4. The molecule has 3 atom stereocenters. The van der Waals surface area contributed by atoms with Crippen LogP contribution in [-0.2, 0) is 34.7 Å². The van der Waals surface area contributed by atoms with E-state index in [1.807, 2.05) is 36.4 Å². The van der Waals surface area contributed by atoms with Gasteiger partial charge in [0.2, 0.25) is 5.91 Å². The first-order valence-corrected chi connectivity index (χ1v) is 15.9. The molecule has 0 spiro atoms. The number of benzene rings is 3. The molecule has 2 aliphatic heterocycles. The summed E-state index contributed by atoms with van der Waals surface area (Å²) in [5.41, 5.74) is 2.42. The van der Waals surface area contributed by atoms with Gasteiger partial charge in [0, 0.05) is 36.3 Å². The van der Waals surface area contributed by atoms with Crippen LogP contribution in [0.1, 0.15) is 35.6 Å². The third kappa shape index (κ3) is 5.89. The van der Waals surface area contributed by atoms with Gasteiger partial charge in [-0.15, -0.1) is 0 Å². The molecular weight excluding hydrogens is 610 g/mol. The maximum absolute atomic E-state index is 14.1. The number of fused-ring (bicyclic) bond motifs is 2. The lowest BCUT2D eigenvalue weighted by molar-refractivity contribution is -0.139.